The molecule has 0 spiro atoms. The molecule has 3 fully saturated rings. The number of amides is 1. The number of nitrogens with zero attached hydrogens (tertiary/aromatic N) is 3. The van der Waals surface area contributed by atoms with Gasteiger partial charge < -0.3 is 20.4 Å². The first-order valence-corrected chi connectivity index (χ1v) is 12.4. The van der Waals surface area contributed by atoms with Gasteiger partial charge in [-0.05, 0) is 50.7 Å². The maximum atomic E-state index is 12.9. The Morgan fingerprint density at radius 2 is 1.84 bits per heavy atom. The predicted molar refractivity (Wildman–Crippen MR) is 127 cm³/mol. The molecule has 2 unspecified atom stereocenters. The van der Waals surface area contributed by atoms with Gasteiger partial charge in [0.15, 0.2) is 5.96 Å². The van der Waals surface area contributed by atoms with E-state index in [2.05, 4.69) is 57.7 Å². The van der Waals surface area contributed by atoms with Crippen molar-refractivity contribution in [3.05, 3.63) is 30.3 Å². The summed E-state index contributed by atoms with van der Waals surface area (Å²) in [4.78, 5) is 22.3. The van der Waals surface area contributed by atoms with Crippen molar-refractivity contribution in [1.82, 2.24) is 15.5 Å². The van der Waals surface area contributed by atoms with Crippen LogP contribution in [0.4, 0.5) is 5.69 Å². The maximum Gasteiger partial charge on any atom is 0.225 e. The lowest BCUT2D eigenvalue weighted by Gasteiger charge is -2.26. The number of hydrogen-bond acceptors (Lipinski definition) is 3. The fraction of sp³-hybridized carbons (Fsp3) is 0.680. The minimum Gasteiger partial charge on any atom is -0.371 e. The molecular weight excluding hydrogens is 386 g/mol. The van der Waals surface area contributed by atoms with Gasteiger partial charge in [-0.15, -0.1) is 0 Å². The normalized spacial score (nSPS) is 25.1. The Labute approximate surface area is 187 Å². The maximum absolute atomic E-state index is 12.9. The van der Waals surface area contributed by atoms with Gasteiger partial charge in [0, 0.05) is 56.9 Å². The van der Waals surface area contributed by atoms with Gasteiger partial charge in [-0.25, -0.2) is 0 Å². The summed E-state index contributed by atoms with van der Waals surface area (Å²) in [7, 11) is 0. The number of benzene rings is 1. The summed E-state index contributed by atoms with van der Waals surface area (Å²) in [5.41, 5.74) is 1.31. The van der Waals surface area contributed by atoms with E-state index in [1.807, 2.05) is 0 Å². The van der Waals surface area contributed by atoms with Crippen LogP contribution in [0, 0.1) is 11.8 Å². The van der Waals surface area contributed by atoms with Crippen LogP contribution in [0.2, 0.25) is 0 Å². The third kappa shape index (κ3) is 5.92. The standard InChI is InChI=1S/C25H39N5O/c1-2-26-25(27-17-20-13-15-29(18-20)23-11-7-4-8-12-23)28-22-14-16-30(19-22)24(31)21-9-5-3-6-10-21/h4,7-8,11-12,20-22H,2-3,5-6,9-10,13-19H2,1H3,(H2,26,27,28). The van der Waals surface area contributed by atoms with Crippen LogP contribution in [0.5, 0.6) is 0 Å². The van der Waals surface area contributed by atoms with E-state index in [4.69, 9.17) is 4.99 Å². The topological polar surface area (TPSA) is 60.0 Å². The first kappa shape index (κ1) is 22.0. The van der Waals surface area contributed by atoms with E-state index in [0.29, 0.717) is 17.9 Å². The summed E-state index contributed by atoms with van der Waals surface area (Å²) < 4.78 is 0. The zero-order chi connectivity index (χ0) is 21.5. The van der Waals surface area contributed by atoms with Crippen LogP contribution in [0.15, 0.2) is 35.3 Å². The number of hydrogen-bond donors (Lipinski definition) is 2. The van der Waals surface area contributed by atoms with E-state index in [1.165, 1.54) is 31.4 Å². The molecular formula is C25H39N5O. The second-order valence-corrected chi connectivity index (χ2v) is 9.41. The fourth-order valence-corrected chi connectivity index (χ4v) is 5.27. The summed E-state index contributed by atoms with van der Waals surface area (Å²) in [6.07, 6.45) is 8.08. The van der Waals surface area contributed by atoms with Crippen LogP contribution >= 0.6 is 0 Å². The van der Waals surface area contributed by atoms with Gasteiger partial charge in [-0.3, -0.25) is 9.79 Å². The number of likely N-dealkylation sites (tertiary alicyclic amines) is 1. The SMILES string of the molecule is CCNC(=NCC1CCN(c2ccccc2)C1)NC1CCN(C(=O)C2CCCCC2)C1. The highest BCUT2D eigenvalue weighted by Gasteiger charge is 2.32. The lowest BCUT2D eigenvalue weighted by Crippen LogP contribution is -2.45. The molecule has 2 N–H and O–H groups in total. The van der Waals surface area contributed by atoms with Gasteiger partial charge in [-0.1, -0.05) is 37.5 Å². The number of aliphatic imine (C=N–C) groups is 1. The average molecular weight is 426 g/mol. The van der Waals surface area contributed by atoms with Gasteiger partial charge in [0.25, 0.3) is 0 Å². The van der Waals surface area contributed by atoms with E-state index in [1.54, 1.807) is 0 Å². The first-order chi connectivity index (χ1) is 15.2. The zero-order valence-electron chi connectivity index (χ0n) is 19.1. The molecule has 1 saturated carbocycles. The molecule has 0 radical (unpaired) electrons. The minimum atomic E-state index is 0.268. The van der Waals surface area contributed by atoms with E-state index in [0.717, 1.165) is 64.5 Å². The molecule has 6 heteroatoms. The van der Waals surface area contributed by atoms with E-state index in [-0.39, 0.29) is 5.92 Å². The Balaban J connectivity index is 1.26. The summed E-state index contributed by atoms with van der Waals surface area (Å²) in [5, 5.41) is 7.01. The number of para-hydroxylation sites is 1. The minimum absolute atomic E-state index is 0.268. The van der Waals surface area contributed by atoms with Gasteiger partial charge in [0.05, 0.1) is 0 Å². The highest BCUT2D eigenvalue weighted by molar-refractivity contribution is 5.81. The Morgan fingerprint density at radius 1 is 1.03 bits per heavy atom. The number of carbonyl (C=O) groups excluding carboxylic acids is 1. The van der Waals surface area contributed by atoms with E-state index in [9.17, 15) is 4.79 Å². The van der Waals surface area contributed by atoms with Crippen molar-refractivity contribution < 1.29 is 4.79 Å². The number of rotatable bonds is 6. The molecule has 2 saturated heterocycles. The van der Waals surface area contributed by atoms with Crippen molar-refractivity contribution in [3.63, 3.8) is 0 Å². The quantitative estimate of drug-likeness (QED) is 0.543. The van der Waals surface area contributed by atoms with Gasteiger partial charge in [0.1, 0.15) is 0 Å². The van der Waals surface area contributed by atoms with Crippen LogP contribution in [-0.2, 0) is 4.79 Å². The molecule has 2 heterocycles. The van der Waals surface area contributed by atoms with Crippen LogP contribution in [0.1, 0.15) is 51.9 Å². The molecule has 31 heavy (non-hydrogen) atoms. The largest absolute Gasteiger partial charge is 0.371 e. The van der Waals surface area contributed by atoms with Crippen LogP contribution < -0.4 is 15.5 Å². The van der Waals surface area contributed by atoms with E-state index < -0.39 is 0 Å². The second-order valence-electron chi connectivity index (χ2n) is 9.41. The Morgan fingerprint density at radius 3 is 2.61 bits per heavy atom. The predicted octanol–water partition coefficient (Wildman–Crippen LogP) is 3.25. The molecule has 170 valence electrons. The van der Waals surface area contributed by atoms with Crippen molar-refractivity contribution in [1.29, 1.82) is 0 Å². The van der Waals surface area contributed by atoms with Crippen molar-refractivity contribution in [3.8, 4) is 0 Å². The number of guanidine groups is 1. The fourth-order valence-electron chi connectivity index (χ4n) is 5.27. The molecule has 4 rings (SSSR count). The number of anilines is 1. The Hall–Kier alpha value is -2.24. The first-order valence-electron chi connectivity index (χ1n) is 12.4. The van der Waals surface area contributed by atoms with Gasteiger partial charge >= 0.3 is 0 Å². The monoisotopic (exact) mass is 425 g/mol. The highest BCUT2D eigenvalue weighted by atomic mass is 16.2. The number of nitrogens with one attached hydrogen (secondary N) is 2. The summed E-state index contributed by atoms with van der Waals surface area (Å²) >= 11 is 0. The molecule has 0 aromatic heterocycles. The third-order valence-electron chi connectivity index (χ3n) is 7.05. The third-order valence-corrected chi connectivity index (χ3v) is 7.05. The lowest BCUT2D eigenvalue weighted by atomic mass is 9.88. The van der Waals surface area contributed by atoms with Crippen LogP contribution in [0.25, 0.3) is 0 Å². The molecule has 3 aliphatic rings. The number of carbonyl (C=O) groups is 1. The van der Waals surface area contributed by atoms with Crippen molar-refractivity contribution in [2.45, 2.75) is 57.9 Å². The molecule has 0 bridgehead atoms. The summed E-state index contributed by atoms with van der Waals surface area (Å²) in [6.45, 7) is 7.67. The van der Waals surface area contributed by atoms with Crippen LogP contribution in [-0.4, -0.2) is 62.1 Å². The highest BCUT2D eigenvalue weighted by Crippen LogP contribution is 2.27. The molecule has 2 aliphatic heterocycles. The smallest absolute Gasteiger partial charge is 0.225 e. The molecule has 1 aliphatic carbocycles. The molecule has 1 aromatic carbocycles. The van der Waals surface area contributed by atoms with Crippen LogP contribution in [0.3, 0.4) is 0 Å². The van der Waals surface area contributed by atoms with Gasteiger partial charge in [-0.2, -0.15) is 0 Å². The average Bonchev–Trinajstić information content (AvgIpc) is 3.48. The summed E-state index contributed by atoms with van der Waals surface area (Å²) in [5.74, 6) is 2.14. The second kappa shape index (κ2) is 10.9. The van der Waals surface area contributed by atoms with Crippen molar-refractivity contribution in [2.75, 3.05) is 44.2 Å². The molecule has 1 amide bonds. The Bertz CT molecular complexity index is 731. The van der Waals surface area contributed by atoms with Crippen molar-refractivity contribution >= 4 is 17.6 Å². The van der Waals surface area contributed by atoms with Gasteiger partial charge in [0.2, 0.25) is 5.91 Å². The molecule has 1 aromatic rings. The Kier molecular flexibility index (Phi) is 7.71. The molecule has 6 nitrogen and oxygen atoms in total. The zero-order valence-corrected chi connectivity index (χ0v) is 19.1. The van der Waals surface area contributed by atoms with Crippen molar-refractivity contribution in [2.24, 2.45) is 16.8 Å². The van der Waals surface area contributed by atoms with E-state index >= 15 is 0 Å². The molecule has 2 atom stereocenters. The summed E-state index contributed by atoms with van der Waals surface area (Å²) in [6, 6.07) is 11.0. The lowest BCUT2D eigenvalue weighted by molar-refractivity contribution is -0.135.